The van der Waals surface area contributed by atoms with Crippen molar-refractivity contribution in [3.63, 3.8) is 0 Å². The SMILES string of the molecule is C=C(SCCCCC)C1=CCCCC1. The van der Waals surface area contributed by atoms with Gasteiger partial charge in [0.05, 0.1) is 0 Å². The zero-order chi connectivity index (χ0) is 10.2. The van der Waals surface area contributed by atoms with E-state index in [-0.39, 0.29) is 0 Å². The standard InChI is InChI=1S/C13H22S/c1-3-4-8-11-14-12(2)13-9-6-5-7-10-13/h9H,2-8,10-11H2,1H3. The van der Waals surface area contributed by atoms with Crippen LogP contribution in [0.5, 0.6) is 0 Å². The van der Waals surface area contributed by atoms with Gasteiger partial charge in [0, 0.05) is 4.91 Å². The van der Waals surface area contributed by atoms with Gasteiger partial charge in [-0.1, -0.05) is 32.4 Å². The summed E-state index contributed by atoms with van der Waals surface area (Å²) in [5.74, 6) is 1.25. The quantitative estimate of drug-likeness (QED) is 0.560. The largest absolute Gasteiger partial charge is 0.127 e. The van der Waals surface area contributed by atoms with Crippen LogP contribution < -0.4 is 0 Å². The van der Waals surface area contributed by atoms with E-state index in [1.807, 2.05) is 11.8 Å². The van der Waals surface area contributed by atoms with E-state index in [0.29, 0.717) is 0 Å². The van der Waals surface area contributed by atoms with Crippen LogP contribution >= 0.6 is 11.8 Å². The molecule has 0 amide bonds. The fourth-order valence-electron chi connectivity index (χ4n) is 1.73. The Kier molecular flexibility index (Phi) is 6.09. The maximum atomic E-state index is 4.17. The molecule has 0 N–H and O–H groups in total. The molecule has 0 aromatic rings. The highest BCUT2D eigenvalue weighted by Gasteiger charge is 2.06. The summed E-state index contributed by atoms with van der Waals surface area (Å²) in [6.45, 7) is 6.42. The van der Waals surface area contributed by atoms with Gasteiger partial charge >= 0.3 is 0 Å². The number of hydrogen-bond donors (Lipinski definition) is 0. The van der Waals surface area contributed by atoms with Gasteiger partial charge in [-0.25, -0.2) is 0 Å². The van der Waals surface area contributed by atoms with Gasteiger partial charge in [0.2, 0.25) is 0 Å². The molecule has 1 heteroatoms. The van der Waals surface area contributed by atoms with Crippen LogP contribution in [-0.2, 0) is 0 Å². The molecule has 0 saturated heterocycles. The van der Waals surface area contributed by atoms with Crippen LogP contribution in [0.3, 0.4) is 0 Å². The van der Waals surface area contributed by atoms with Gasteiger partial charge < -0.3 is 0 Å². The second kappa shape index (κ2) is 7.17. The van der Waals surface area contributed by atoms with E-state index in [2.05, 4.69) is 19.6 Å². The molecule has 1 aliphatic carbocycles. The van der Waals surface area contributed by atoms with E-state index in [0.717, 1.165) is 0 Å². The number of thioether (sulfide) groups is 1. The third-order valence-corrected chi connectivity index (χ3v) is 3.78. The molecule has 80 valence electrons. The van der Waals surface area contributed by atoms with Crippen LogP contribution in [0, 0.1) is 0 Å². The maximum absolute atomic E-state index is 4.17. The van der Waals surface area contributed by atoms with Crippen molar-refractivity contribution in [3.8, 4) is 0 Å². The number of hydrogen-bond acceptors (Lipinski definition) is 1. The van der Waals surface area contributed by atoms with Gasteiger partial charge in [-0.2, -0.15) is 0 Å². The maximum Gasteiger partial charge on any atom is 0.00289 e. The Morgan fingerprint density at radius 2 is 2.29 bits per heavy atom. The van der Waals surface area contributed by atoms with Crippen molar-refractivity contribution in [2.75, 3.05) is 5.75 Å². The average molecular weight is 210 g/mol. The molecule has 0 aromatic carbocycles. The van der Waals surface area contributed by atoms with E-state index in [9.17, 15) is 0 Å². The third-order valence-electron chi connectivity index (χ3n) is 2.67. The van der Waals surface area contributed by atoms with Crippen molar-refractivity contribution >= 4 is 11.8 Å². The molecule has 0 spiro atoms. The Morgan fingerprint density at radius 1 is 1.43 bits per heavy atom. The molecule has 1 aliphatic rings. The van der Waals surface area contributed by atoms with E-state index in [1.54, 1.807) is 0 Å². The highest BCUT2D eigenvalue weighted by molar-refractivity contribution is 8.03. The first-order valence-electron chi connectivity index (χ1n) is 5.85. The Morgan fingerprint density at radius 3 is 2.93 bits per heavy atom. The van der Waals surface area contributed by atoms with E-state index >= 15 is 0 Å². The normalized spacial score (nSPS) is 16.5. The summed E-state index contributed by atoms with van der Waals surface area (Å²) < 4.78 is 0. The molecular weight excluding hydrogens is 188 g/mol. The van der Waals surface area contributed by atoms with Crippen LogP contribution in [0.25, 0.3) is 0 Å². The molecule has 0 aromatic heterocycles. The van der Waals surface area contributed by atoms with E-state index in [1.165, 1.54) is 61.2 Å². The molecule has 14 heavy (non-hydrogen) atoms. The summed E-state index contributed by atoms with van der Waals surface area (Å²) >= 11 is 1.96. The Hall–Kier alpha value is -0.170. The Labute approximate surface area is 92.9 Å². The van der Waals surface area contributed by atoms with Crippen LogP contribution in [-0.4, -0.2) is 5.75 Å². The molecule has 0 aliphatic heterocycles. The summed E-state index contributed by atoms with van der Waals surface area (Å²) in [4.78, 5) is 1.33. The summed E-state index contributed by atoms with van der Waals surface area (Å²) in [6, 6.07) is 0. The first-order chi connectivity index (χ1) is 6.84. The van der Waals surface area contributed by atoms with Crippen molar-refractivity contribution < 1.29 is 0 Å². The predicted molar refractivity (Wildman–Crippen MR) is 67.7 cm³/mol. The van der Waals surface area contributed by atoms with Crippen molar-refractivity contribution in [1.29, 1.82) is 0 Å². The lowest BCUT2D eigenvalue weighted by Gasteiger charge is -2.14. The third kappa shape index (κ3) is 4.36. The molecular formula is C13H22S. The monoisotopic (exact) mass is 210 g/mol. The number of unbranched alkanes of at least 4 members (excludes halogenated alkanes) is 2. The van der Waals surface area contributed by atoms with Crippen LogP contribution in [0.4, 0.5) is 0 Å². The van der Waals surface area contributed by atoms with Crippen molar-refractivity contribution in [2.45, 2.75) is 51.9 Å². The zero-order valence-corrected chi connectivity index (χ0v) is 10.2. The lowest BCUT2D eigenvalue weighted by atomic mass is 10.00. The summed E-state index contributed by atoms with van der Waals surface area (Å²) in [6.07, 6.45) is 11.7. The van der Waals surface area contributed by atoms with E-state index < -0.39 is 0 Å². The highest BCUT2D eigenvalue weighted by atomic mass is 32.2. The smallest absolute Gasteiger partial charge is 0.00289 e. The summed E-state index contributed by atoms with van der Waals surface area (Å²) in [7, 11) is 0. The first-order valence-corrected chi connectivity index (χ1v) is 6.84. The number of allylic oxidation sites excluding steroid dienone is 2. The lowest BCUT2D eigenvalue weighted by molar-refractivity contribution is 0.710. The second-order valence-corrected chi connectivity index (χ2v) is 5.14. The van der Waals surface area contributed by atoms with Gasteiger partial charge in [0.1, 0.15) is 0 Å². The lowest BCUT2D eigenvalue weighted by Crippen LogP contribution is -1.93. The average Bonchev–Trinajstić information content (AvgIpc) is 2.25. The van der Waals surface area contributed by atoms with Crippen molar-refractivity contribution in [3.05, 3.63) is 23.1 Å². The van der Waals surface area contributed by atoms with Gasteiger partial charge in [-0.15, -0.1) is 11.8 Å². The molecule has 0 saturated carbocycles. The first kappa shape index (κ1) is 11.9. The molecule has 0 nitrogen and oxygen atoms in total. The van der Waals surface area contributed by atoms with Gasteiger partial charge in [-0.3, -0.25) is 0 Å². The van der Waals surface area contributed by atoms with Crippen LogP contribution in [0.1, 0.15) is 51.9 Å². The van der Waals surface area contributed by atoms with Gasteiger partial charge in [-0.05, 0) is 43.4 Å². The molecule has 0 heterocycles. The molecule has 0 unspecified atom stereocenters. The van der Waals surface area contributed by atoms with Crippen LogP contribution in [0.2, 0.25) is 0 Å². The minimum absolute atomic E-state index is 1.25. The van der Waals surface area contributed by atoms with Crippen molar-refractivity contribution in [2.24, 2.45) is 0 Å². The van der Waals surface area contributed by atoms with Crippen LogP contribution in [0.15, 0.2) is 23.1 Å². The van der Waals surface area contributed by atoms with Gasteiger partial charge in [0.25, 0.3) is 0 Å². The molecule has 0 atom stereocenters. The Bertz CT molecular complexity index is 203. The predicted octanol–water partition coefficient (Wildman–Crippen LogP) is 4.92. The van der Waals surface area contributed by atoms with E-state index in [4.69, 9.17) is 0 Å². The molecule has 0 radical (unpaired) electrons. The molecule has 0 fully saturated rings. The minimum atomic E-state index is 1.25. The summed E-state index contributed by atoms with van der Waals surface area (Å²) in [5.41, 5.74) is 1.53. The fourth-order valence-corrected chi connectivity index (χ4v) is 2.70. The summed E-state index contributed by atoms with van der Waals surface area (Å²) in [5, 5.41) is 0. The second-order valence-electron chi connectivity index (χ2n) is 3.95. The van der Waals surface area contributed by atoms with Crippen molar-refractivity contribution in [1.82, 2.24) is 0 Å². The zero-order valence-electron chi connectivity index (χ0n) is 9.35. The molecule has 0 bridgehead atoms. The topological polar surface area (TPSA) is 0 Å². The fraction of sp³-hybridized carbons (Fsp3) is 0.692. The molecule has 1 rings (SSSR count). The minimum Gasteiger partial charge on any atom is -0.127 e. The highest BCUT2D eigenvalue weighted by Crippen LogP contribution is 2.30. The van der Waals surface area contributed by atoms with Gasteiger partial charge in [0.15, 0.2) is 0 Å². The number of rotatable bonds is 6. The Balaban J connectivity index is 2.17.